The molecule has 10 heteroatoms. The van der Waals surface area contributed by atoms with E-state index in [1.807, 2.05) is 0 Å². The molecule has 0 radical (unpaired) electrons. The van der Waals surface area contributed by atoms with Crippen LogP contribution < -0.4 is 10.2 Å². The Morgan fingerprint density at radius 2 is 1.92 bits per heavy atom. The molecular formula is C16H17NO9. The lowest BCUT2D eigenvalue weighted by molar-refractivity contribution is -0.277. The summed E-state index contributed by atoms with van der Waals surface area (Å²) < 4.78 is 10.8. The summed E-state index contributed by atoms with van der Waals surface area (Å²) in [7, 11) is 0. The third kappa shape index (κ3) is 3.16. The third-order valence-electron chi connectivity index (χ3n) is 4.15. The lowest BCUT2D eigenvalue weighted by Gasteiger charge is -2.39. The molecule has 6 N–H and O–H groups in total. The molecule has 0 amide bonds. The Kier molecular flexibility index (Phi) is 4.94. The molecule has 0 saturated carbocycles. The Hall–Kier alpha value is -2.50. The van der Waals surface area contributed by atoms with Crippen molar-refractivity contribution in [3.05, 3.63) is 40.2 Å². The minimum absolute atomic E-state index is 0.00738. The van der Waals surface area contributed by atoms with E-state index in [0.29, 0.717) is 0 Å². The number of aliphatic hydroxyl groups excluding tert-OH is 4. The quantitative estimate of drug-likeness (QED) is 0.373. The minimum Gasteiger partial charge on any atom is -0.477 e. The second-order valence-corrected chi connectivity index (χ2v) is 5.85. The zero-order valence-electron chi connectivity index (χ0n) is 13.3. The molecule has 5 atom stereocenters. The van der Waals surface area contributed by atoms with Crippen molar-refractivity contribution in [2.45, 2.75) is 30.7 Å². The molecule has 10 nitrogen and oxygen atoms in total. The van der Waals surface area contributed by atoms with Crippen molar-refractivity contribution in [3.63, 3.8) is 0 Å². The first-order chi connectivity index (χ1) is 12.3. The number of ether oxygens (including phenoxy) is 2. The molecule has 1 aromatic heterocycles. The Balaban J connectivity index is 2.00. The summed E-state index contributed by atoms with van der Waals surface area (Å²) >= 11 is 0. The third-order valence-corrected chi connectivity index (χ3v) is 4.15. The first-order valence-corrected chi connectivity index (χ1v) is 7.70. The average molecular weight is 367 g/mol. The minimum atomic E-state index is -1.64. The molecule has 1 aromatic carbocycles. The van der Waals surface area contributed by atoms with Gasteiger partial charge in [0.25, 0.3) is 0 Å². The van der Waals surface area contributed by atoms with Crippen LogP contribution in [0.15, 0.2) is 29.1 Å². The number of nitrogens with one attached hydrogen (secondary N) is 1. The SMILES string of the molecule is O=C(O)c1cc(=O)c2cccc(O[C@@H]3OC(CO)[C@@H](O)C(O)C3O)c2[nH]1. The van der Waals surface area contributed by atoms with Gasteiger partial charge in [-0.15, -0.1) is 0 Å². The number of carboxylic acids is 1. The summed E-state index contributed by atoms with van der Waals surface area (Å²) in [6.07, 6.45) is -7.44. The van der Waals surface area contributed by atoms with Gasteiger partial charge in [0, 0.05) is 11.5 Å². The number of hydrogen-bond donors (Lipinski definition) is 6. The van der Waals surface area contributed by atoms with Crippen LogP contribution in [0.2, 0.25) is 0 Å². The maximum atomic E-state index is 12.1. The smallest absolute Gasteiger partial charge is 0.352 e. The summed E-state index contributed by atoms with van der Waals surface area (Å²) in [6.45, 7) is -0.625. The Bertz CT molecular complexity index is 878. The number of aromatic amines is 1. The standard InChI is InChI=1S/C16H17NO9/c18-5-10-12(20)13(21)14(22)16(26-10)25-9-3-1-2-6-8(19)4-7(15(23)24)17-11(6)9/h1-4,10,12-14,16,18,20-22H,5H2,(H,17,19)(H,23,24)/t10?,12-,13?,14?,16-/m1/s1. The molecule has 26 heavy (non-hydrogen) atoms. The molecule has 1 fully saturated rings. The number of carbonyl (C=O) groups is 1. The predicted molar refractivity (Wildman–Crippen MR) is 85.9 cm³/mol. The fraction of sp³-hybridized carbons (Fsp3) is 0.375. The molecule has 0 bridgehead atoms. The van der Waals surface area contributed by atoms with Crippen molar-refractivity contribution in [1.82, 2.24) is 4.98 Å². The van der Waals surface area contributed by atoms with Gasteiger partial charge in [0.1, 0.15) is 35.9 Å². The van der Waals surface area contributed by atoms with Crippen molar-refractivity contribution in [1.29, 1.82) is 0 Å². The summed E-state index contributed by atoms with van der Waals surface area (Å²) in [5.74, 6) is -1.35. The fourth-order valence-corrected chi connectivity index (χ4v) is 2.75. The maximum absolute atomic E-state index is 12.1. The Labute approximate surface area is 145 Å². The van der Waals surface area contributed by atoms with Crippen molar-refractivity contribution < 1.29 is 39.8 Å². The highest BCUT2D eigenvalue weighted by Crippen LogP contribution is 2.28. The van der Waals surface area contributed by atoms with E-state index in [1.54, 1.807) is 0 Å². The highest BCUT2D eigenvalue weighted by atomic mass is 16.7. The monoisotopic (exact) mass is 367 g/mol. The van der Waals surface area contributed by atoms with E-state index < -0.39 is 48.7 Å². The van der Waals surface area contributed by atoms with E-state index in [1.165, 1.54) is 18.2 Å². The summed E-state index contributed by atoms with van der Waals surface area (Å²) in [6, 6.07) is 5.28. The zero-order valence-corrected chi connectivity index (χ0v) is 13.3. The molecule has 2 heterocycles. The van der Waals surface area contributed by atoms with Crippen molar-refractivity contribution >= 4 is 16.9 Å². The topological polar surface area (TPSA) is 170 Å². The zero-order chi connectivity index (χ0) is 19.0. The van der Waals surface area contributed by atoms with Crippen LogP contribution in [-0.2, 0) is 4.74 Å². The van der Waals surface area contributed by atoms with Gasteiger partial charge in [0.05, 0.1) is 12.1 Å². The molecule has 0 spiro atoms. The van der Waals surface area contributed by atoms with E-state index in [4.69, 9.17) is 14.6 Å². The van der Waals surface area contributed by atoms with Gasteiger partial charge in [-0.05, 0) is 12.1 Å². The van der Waals surface area contributed by atoms with Crippen molar-refractivity contribution in [3.8, 4) is 5.75 Å². The molecule has 1 aliphatic rings. The van der Waals surface area contributed by atoms with E-state index in [-0.39, 0.29) is 22.3 Å². The van der Waals surface area contributed by atoms with Crippen LogP contribution in [-0.4, -0.2) is 73.8 Å². The fourth-order valence-electron chi connectivity index (χ4n) is 2.75. The van der Waals surface area contributed by atoms with Gasteiger partial charge in [0.2, 0.25) is 6.29 Å². The van der Waals surface area contributed by atoms with E-state index in [2.05, 4.69) is 4.98 Å². The number of aliphatic hydroxyl groups is 4. The van der Waals surface area contributed by atoms with Crippen LogP contribution in [0.5, 0.6) is 5.75 Å². The molecular weight excluding hydrogens is 350 g/mol. The van der Waals surface area contributed by atoms with Gasteiger partial charge in [-0.2, -0.15) is 0 Å². The lowest BCUT2D eigenvalue weighted by atomic mass is 9.99. The number of pyridine rings is 1. The number of carboxylic acid groups (broad SMARTS) is 1. The van der Waals surface area contributed by atoms with Gasteiger partial charge in [-0.1, -0.05) is 6.07 Å². The maximum Gasteiger partial charge on any atom is 0.352 e. The van der Waals surface area contributed by atoms with E-state index in [0.717, 1.165) is 6.07 Å². The average Bonchev–Trinajstić information content (AvgIpc) is 2.62. The van der Waals surface area contributed by atoms with Crippen LogP contribution in [0.3, 0.4) is 0 Å². The predicted octanol–water partition coefficient (Wildman–Crippen LogP) is -1.60. The number of H-pyrrole nitrogens is 1. The number of rotatable bonds is 4. The molecule has 2 aromatic rings. The molecule has 3 rings (SSSR count). The first kappa shape index (κ1) is 18.3. The molecule has 0 aliphatic carbocycles. The molecule has 140 valence electrons. The number of benzene rings is 1. The van der Waals surface area contributed by atoms with Gasteiger partial charge >= 0.3 is 5.97 Å². The molecule has 3 unspecified atom stereocenters. The van der Waals surface area contributed by atoms with Crippen LogP contribution in [0.25, 0.3) is 10.9 Å². The van der Waals surface area contributed by atoms with Crippen molar-refractivity contribution in [2.75, 3.05) is 6.61 Å². The van der Waals surface area contributed by atoms with Crippen LogP contribution >= 0.6 is 0 Å². The highest BCUT2D eigenvalue weighted by Gasteiger charge is 2.44. The molecule has 1 aliphatic heterocycles. The number of para-hydroxylation sites is 1. The number of aromatic carboxylic acids is 1. The summed E-state index contributed by atoms with van der Waals surface area (Å²) in [4.78, 5) is 25.8. The highest BCUT2D eigenvalue weighted by molar-refractivity contribution is 5.91. The van der Waals surface area contributed by atoms with Crippen LogP contribution in [0, 0.1) is 0 Å². The van der Waals surface area contributed by atoms with E-state index >= 15 is 0 Å². The second kappa shape index (κ2) is 7.02. The van der Waals surface area contributed by atoms with E-state index in [9.17, 15) is 30.0 Å². The normalized spacial score (nSPS) is 28.8. The van der Waals surface area contributed by atoms with Gasteiger partial charge < -0.3 is 40.0 Å². The van der Waals surface area contributed by atoms with Gasteiger partial charge in [-0.3, -0.25) is 4.79 Å². The lowest BCUT2D eigenvalue weighted by Crippen LogP contribution is -2.60. The molecule has 1 saturated heterocycles. The van der Waals surface area contributed by atoms with Gasteiger partial charge in [0.15, 0.2) is 5.43 Å². The van der Waals surface area contributed by atoms with Crippen molar-refractivity contribution in [2.24, 2.45) is 0 Å². The Morgan fingerprint density at radius 3 is 2.58 bits per heavy atom. The largest absolute Gasteiger partial charge is 0.477 e. The first-order valence-electron chi connectivity index (χ1n) is 7.70. The second-order valence-electron chi connectivity index (χ2n) is 5.85. The van der Waals surface area contributed by atoms with Gasteiger partial charge in [-0.25, -0.2) is 4.79 Å². The van der Waals surface area contributed by atoms with Crippen LogP contribution in [0.4, 0.5) is 0 Å². The number of fused-ring (bicyclic) bond motifs is 1. The van der Waals surface area contributed by atoms with Crippen LogP contribution in [0.1, 0.15) is 10.5 Å². The Morgan fingerprint density at radius 1 is 1.19 bits per heavy atom. The summed E-state index contributed by atoms with van der Waals surface area (Å²) in [5.41, 5.74) is -0.836. The summed E-state index contributed by atoms with van der Waals surface area (Å²) in [5, 5.41) is 48.1. The number of aromatic nitrogens is 1. The number of hydrogen-bond acceptors (Lipinski definition) is 8.